The van der Waals surface area contributed by atoms with Crippen LogP contribution in [0.4, 0.5) is 0 Å². The summed E-state index contributed by atoms with van der Waals surface area (Å²) in [5.74, 6) is -0.556. The van der Waals surface area contributed by atoms with Crippen molar-refractivity contribution in [3.8, 4) is 5.75 Å². The van der Waals surface area contributed by atoms with Crippen LogP contribution in [0.25, 0.3) is 0 Å². The lowest BCUT2D eigenvalue weighted by Gasteiger charge is -2.13. The Balaban J connectivity index is 2.70. The fourth-order valence-corrected chi connectivity index (χ4v) is 1.42. The topological polar surface area (TPSA) is 78.4 Å². The summed E-state index contributed by atoms with van der Waals surface area (Å²) in [4.78, 5) is 23.3. The Labute approximate surface area is 106 Å². The van der Waals surface area contributed by atoms with E-state index in [2.05, 4.69) is 10.6 Å². The fraction of sp³-hybridized carbons (Fsp3) is 0.385. The number of rotatable bonds is 4. The van der Waals surface area contributed by atoms with Crippen molar-refractivity contribution in [3.63, 3.8) is 0 Å². The Morgan fingerprint density at radius 1 is 1.39 bits per heavy atom. The highest BCUT2D eigenvalue weighted by atomic mass is 16.3. The van der Waals surface area contributed by atoms with Crippen LogP contribution in [0.1, 0.15) is 29.8 Å². The largest absolute Gasteiger partial charge is 0.508 e. The van der Waals surface area contributed by atoms with Crippen LogP contribution in [0.15, 0.2) is 18.2 Å². The van der Waals surface area contributed by atoms with E-state index in [-0.39, 0.29) is 17.6 Å². The molecule has 2 amide bonds. The number of phenols is 1. The van der Waals surface area contributed by atoms with Crippen LogP contribution >= 0.6 is 0 Å². The summed E-state index contributed by atoms with van der Waals surface area (Å²) < 4.78 is 0. The van der Waals surface area contributed by atoms with Gasteiger partial charge in [-0.3, -0.25) is 9.59 Å². The van der Waals surface area contributed by atoms with Crippen molar-refractivity contribution < 1.29 is 14.7 Å². The van der Waals surface area contributed by atoms with Gasteiger partial charge in [-0.2, -0.15) is 0 Å². The summed E-state index contributed by atoms with van der Waals surface area (Å²) in [6, 6.07) is 4.03. The Kier molecular flexibility index (Phi) is 4.71. The molecule has 1 atom stereocenters. The van der Waals surface area contributed by atoms with Crippen molar-refractivity contribution in [2.75, 3.05) is 6.54 Å². The minimum absolute atomic E-state index is 0.0633. The van der Waals surface area contributed by atoms with Gasteiger partial charge in [-0.25, -0.2) is 0 Å². The fourth-order valence-electron chi connectivity index (χ4n) is 1.42. The van der Waals surface area contributed by atoms with Gasteiger partial charge < -0.3 is 15.7 Å². The second-order valence-corrected chi connectivity index (χ2v) is 4.09. The molecular formula is C13H18N2O3. The predicted octanol–water partition coefficient (Wildman–Crippen LogP) is 0.955. The summed E-state index contributed by atoms with van der Waals surface area (Å²) in [5.41, 5.74) is 1.03. The van der Waals surface area contributed by atoms with Crippen molar-refractivity contribution in [2.24, 2.45) is 0 Å². The minimum Gasteiger partial charge on any atom is -0.508 e. The van der Waals surface area contributed by atoms with Crippen molar-refractivity contribution in [3.05, 3.63) is 29.3 Å². The molecule has 0 aliphatic carbocycles. The van der Waals surface area contributed by atoms with Gasteiger partial charge in [-0.05, 0) is 38.5 Å². The number of hydrogen-bond donors (Lipinski definition) is 3. The zero-order valence-electron chi connectivity index (χ0n) is 10.8. The van der Waals surface area contributed by atoms with E-state index in [9.17, 15) is 14.7 Å². The average molecular weight is 250 g/mol. The van der Waals surface area contributed by atoms with Gasteiger partial charge in [0, 0.05) is 12.1 Å². The molecule has 5 heteroatoms. The standard InChI is InChI=1S/C13H18N2O3/c1-4-14-12(17)9(3)15-13(18)10-6-5-8(2)11(16)7-10/h5-7,9,16H,4H2,1-3H3,(H,14,17)(H,15,18). The molecule has 1 aromatic carbocycles. The highest BCUT2D eigenvalue weighted by Crippen LogP contribution is 2.17. The highest BCUT2D eigenvalue weighted by Gasteiger charge is 2.16. The first-order valence-corrected chi connectivity index (χ1v) is 5.84. The molecule has 1 aromatic rings. The number of phenolic OH excluding ortho intramolecular Hbond substituents is 1. The monoisotopic (exact) mass is 250 g/mol. The van der Waals surface area contributed by atoms with E-state index in [4.69, 9.17) is 0 Å². The molecule has 0 bridgehead atoms. The van der Waals surface area contributed by atoms with Crippen LogP contribution in [0.3, 0.4) is 0 Å². The number of hydrogen-bond acceptors (Lipinski definition) is 3. The molecule has 1 unspecified atom stereocenters. The third kappa shape index (κ3) is 3.48. The normalized spacial score (nSPS) is 11.7. The van der Waals surface area contributed by atoms with E-state index in [1.807, 2.05) is 6.92 Å². The van der Waals surface area contributed by atoms with Crippen molar-refractivity contribution in [2.45, 2.75) is 26.8 Å². The van der Waals surface area contributed by atoms with E-state index in [0.717, 1.165) is 0 Å². The molecule has 0 aliphatic rings. The van der Waals surface area contributed by atoms with Crippen molar-refractivity contribution >= 4 is 11.8 Å². The molecule has 0 saturated heterocycles. The summed E-state index contributed by atoms with van der Waals surface area (Å²) >= 11 is 0. The molecule has 0 aromatic heterocycles. The SMILES string of the molecule is CCNC(=O)C(C)NC(=O)c1ccc(C)c(O)c1. The molecule has 98 valence electrons. The predicted molar refractivity (Wildman–Crippen MR) is 68.5 cm³/mol. The smallest absolute Gasteiger partial charge is 0.252 e. The average Bonchev–Trinajstić information content (AvgIpc) is 2.32. The second kappa shape index (κ2) is 6.05. The maximum atomic E-state index is 11.8. The third-order valence-electron chi connectivity index (χ3n) is 2.56. The zero-order valence-corrected chi connectivity index (χ0v) is 10.8. The van der Waals surface area contributed by atoms with Gasteiger partial charge in [0.25, 0.3) is 5.91 Å². The molecule has 0 spiro atoms. The van der Waals surface area contributed by atoms with Crippen LogP contribution in [-0.4, -0.2) is 29.5 Å². The Hall–Kier alpha value is -2.04. The lowest BCUT2D eigenvalue weighted by molar-refractivity contribution is -0.122. The lowest BCUT2D eigenvalue weighted by Crippen LogP contribution is -2.44. The molecule has 0 saturated carbocycles. The number of aromatic hydroxyl groups is 1. The van der Waals surface area contributed by atoms with Crippen LogP contribution in [0, 0.1) is 6.92 Å². The number of carbonyl (C=O) groups is 2. The van der Waals surface area contributed by atoms with E-state index in [0.29, 0.717) is 17.7 Å². The molecule has 18 heavy (non-hydrogen) atoms. The van der Waals surface area contributed by atoms with Crippen molar-refractivity contribution in [1.82, 2.24) is 10.6 Å². The first kappa shape index (κ1) is 14.0. The van der Waals surface area contributed by atoms with Gasteiger partial charge in [0.2, 0.25) is 5.91 Å². The Morgan fingerprint density at radius 3 is 2.61 bits per heavy atom. The van der Waals surface area contributed by atoms with Crippen LogP contribution in [0.5, 0.6) is 5.75 Å². The second-order valence-electron chi connectivity index (χ2n) is 4.09. The molecule has 0 fully saturated rings. The molecule has 0 heterocycles. The van der Waals surface area contributed by atoms with Gasteiger partial charge in [0.05, 0.1) is 0 Å². The molecule has 0 radical (unpaired) electrons. The van der Waals surface area contributed by atoms with Gasteiger partial charge in [-0.1, -0.05) is 6.07 Å². The van der Waals surface area contributed by atoms with Crippen molar-refractivity contribution in [1.29, 1.82) is 0 Å². The Bertz CT molecular complexity index is 458. The van der Waals surface area contributed by atoms with Gasteiger partial charge in [-0.15, -0.1) is 0 Å². The summed E-state index contributed by atoms with van der Waals surface area (Å²) in [5, 5.41) is 14.7. The number of carbonyl (C=O) groups excluding carboxylic acids is 2. The third-order valence-corrected chi connectivity index (χ3v) is 2.56. The van der Waals surface area contributed by atoms with Crippen LogP contribution < -0.4 is 10.6 Å². The maximum absolute atomic E-state index is 11.8. The van der Waals surface area contributed by atoms with E-state index in [1.165, 1.54) is 6.07 Å². The van der Waals surface area contributed by atoms with E-state index < -0.39 is 6.04 Å². The van der Waals surface area contributed by atoms with E-state index in [1.54, 1.807) is 26.0 Å². The number of benzene rings is 1. The van der Waals surface area contributed by atoms with Gasteiger partial charge >= 0.3 is 0 Å². The van der Waals surface area contributed by atoms with Gasteiger partial charge in [0.15, 0.2) is 0 Å². The summed E-state index contributed by atoms with van der Waals surface area (Å²) in [7, 11) is 0. The number of amides is 2. The quantitative estimate of drug-likeness (QED) is 0.744. The van der Waals surface area contributed by atoms with Crippen LogP contribution in [-0.2, 0) is 4.79 Å². The number of nitrogens with one attached hydrogen (secondary N) is 2. The zero-order chi connectivity index (χ0) is 13.7. The number of aryl methyl sites for hydroxylation is 1. The Morgan fingerprint density at radius 2 is 2.06 bits per heavy atom. The maximum Gasteiger partial charge on any atom is 0.252 e. The molecular weight excluding hydrogens is 232 g/mol. The summed E-state index contributed by atoms with van der Waals surface area (Å²) in [6.45, 7) is 5.68. The highest BCUT2D eigenvalue weighted by molar-refractivity contribution is 5.97. The minimum atomic E-state index is -0.610. The summed E-state index contributed by atoms with van der Waals surface area (Å²) in [6.07, 6.45) is 0. The molecule has 5 nitrogen and oxygen atoms in total. The lowest BCUT2D eigenvalue weighted by atomic mass is 10.1. The first-order chi connectivity index (χ1) is 8.45. The van der Waals surface area contributed by atoms with Gasteiger partial charge in [0.1, 0.15) is 11.8 Å². The molecule has 1 rings (SSSR count). The molecule has 0 aliphatic heterocycles. The molecule has 3 N–H and O–H groups in total. The van der Waals surface area contributed by atoms with E-state index >= 15 is 0 Å². The number of likely N-dealkylation sites (N-methyl/N-ethyl adjacent to an activating group) is 1. The van der Waals surface area contributed by atoms with Crippen LogP contribution in [0.2, 0.25) is 0 Å². The first-order valence-electron chi connectivity index (χ1n) is 5.84.